The molecule has 1 unspecified atom stereocenters. The third kappa shape index (κ3) is 4.32. The summed E-state index contributed by atoms with van der Waals surface area (Å²) in [7, 11) is 0. The number of allylic oxidation sites excluding steroid dienone is 1. The minimum atomic E-state index is -0.570. The second-order valence-electron chi connectivity index (χ2n) is 8.07. The Balaban J connectivity index is 1.58. The molecule has 0 spiro atoms. The number of thiazole rings is 1. The average Bonchev–Trinajstić information content (AvgIpc) is 3.47. The highest BCUT2D eigenvalue weighted by Crippen LogP contribution is 2.33. The van der Waals surface area contributed by atoms with Gasteiger partial charge in [-0.1, -0.05) is 77.6 Å². The summed E-state index contributed by atoms with van der Waals surface area (Å²) in [6.07, 6.45) is 1.88. The summed E-state index contributed by atoms with van der Waals surface area (Å²) in [6.45, 7) is 3.99. The van der Waals surface area contributed by atoms with E-state index in [-0.39, 0.29) is 12.2 Å². The fourth-order valence-electron chi connectivity index (χ4n) is 3.91. The Labute approximate surface area is 204 Å². The van der Waals surface area contributed by atoms with Crippen LogP contribution in [0.5, 0.6) is 0 Å². The Morgan fingerprint density at radius 2 is 1.82 bits per heavy atom. The molecule has 0 N–H and O–H groups in total. The molecule has 1 atom stereocenters. The van der Waals surface area contributed by atoms with Gasteiger partial charge in [-0.05, 0) is 42.5 Å². The second kappa shape index (κ2) is 9.37. The van der Waals surface area contributed by atoms with Crippen molar-refractivity contribution in [1.82, 2.24) is 4.57 Å². The van der Waals surface area contributed by atoms with Gasteiger partial charge in [0, 0.05) is 4.88 Å². The van der Waals surface area contributed by atoms with Crippen LogP contribution in [-0.2, 0) is 16.1 Å². The van der Waals surface area contributed by atoms with Gasteiger partial charge in [0.1, 0.15) is 12.6 Å². The van der Waals surface area contributed by atoms with Crippen molar-refractivity contribution in [2.45, 2.75) is 26.5 Å². The Morgan fingerprint density at radius 1 is 1.06 bits per heavy atom. The Hall–Kier alpha value is -3.55. The van der Waals surface area contributed by atoms with Crippen molar-refractivity contribution in [2.75, 3.05) is 0 Å². The lowest BCUT2D eigenvalue weighted by atomic mass is 10.0. The lowest BCUT2D eigenvalue weighted by molar-refractivity contribution is -0.140. The molecule has 0 aliphatic carbocycles. The predicted molar refractivity (Wildman–Crippen MR) is 136 cm³/mol. The van der Waals surface area contributed by atoms with E-state index in [9.17, 15) is 9.59 Å². The monoisotopic (exact) mass is 486 g/mol. The molecule has 5 nitrogen and oxygen atoms in total. The van der Waals surface area contributed by atoms with Crippen molar-refractivity contribution < 1.29 is 9.53 Å². The van der Waals surface area contributed by atoms with Crippen LogP contribution in [0.25, 0.3) is 6.08 Å². The maximum atomic E-state index is 13.6. The maximum Gasteiger partial charge on any atom is 0.338 e. The molecule has 2 aromatic carbocycles. The van der Waals surface area contributed by atoms with E-state index in [4.69, 9.17) is 4.74 Å². The molecule has 34 heavy (non-hydrogen) atoms. The smallest absolute Gasteiger partial charge is 0.338 e. The van der Waals surface area contributed by atoms with Crippen LogP contribution >= 0.6 is 22.7 Å². The molecule has 2 aromatic heterocycles. The predicted octanol–water partition coefficient (Wildman–Crippen LogP) is 4.35. The molecule has 5 rings (SSSR count). The molecule has 0 radical (unpaired) electrons. The first-order chi connectivity index (χ1) is 16.5. The normalized spacial score (nSPS) is 15.7. The molecule has 1 aliphatic heterocycles. The Bertz CT molecular complexity index is 1540. The molecule has 0 amide bonds. The Kier molecular flexibility index (Phi) is 6.13. The van der Waals surface area contributed by atoms with E-state index in [0.717, 1.165) is 21.6 Å². The van der Waals surface area contributed by atoms with Crippen LogP contribution in [0.2, 0.25) is 0 Å². The van der Waals surface area contributed by atoms with E-state index in [0.29, 0.717) is 20.6 Å². The van der Waals surface area contributed by atoms with E-state index in [2.05, 4.69) is 4.99 Å². The molecule has 1 aliphatic rings. The van der Waals surface area contributed by atoms with Gasteiger partial charge in [-0.25, -0.2) is 9.79 Å². The highest BCUT2D eigenvalue weighted by Gasteiger charge is 2.34. The van der Waals surface area contributed by atoms with Crippen LogP contribution in [0.4, 0.5) is 0 Å². The average molecular weight is 487 g/mol. The molecule has 0 saturated heterocycles. The fraction of sp³-hybridized carbons (Fsp3) is 0.148. The number of rotatable bonds is 5. The van der Waals surface area contributed by atoms with Crippen molar-refractivity contribution in [3.05, 3.63) is 125 Å². The van der Waals surface area contributed by atoms with Gasteiger partial charge in [0.15, 0.2) is 4.80 Å². The third-order valence-corrected chi connectivity index (χ3v) is 7.55. The molecule has 170 valence electrons. The first kappa shape index (κ1) is 22.3. The van der Waals surface area contributed by atoms with E-state index in [1.807, 2.05) is 85.1 Å². The number of nitrogens with zero attached hydrogens (tertiary/aromatic N) is 2. The summed E-state index contributed by atoms with van der Waals surface area (Å²) in [5.41, 5.74) is 3.81. The van der Waals surface area contributed by atoms with Crippen LogP contribution in [-0.4, -0.2) is 10.5 Å². The highest BCUT2D eigenvalue weighted by molar-refractivity contribution is 7.10. The van der Waals surface area contributed by atoms with Crippen LogP contribution in [0.1, 0.15) is 34.5 Å². The minimum absolute atomic E-state index is 0.158. The molecular weight excluding hydrogens is 464 g/mol. The number of benzene rings is 2. The zero-order valence-corrected chi connectivity index (χ0v) is 20.4. The topological polar surface area (TPSA) is 60.7 Å². The molecule has 4 aromatic rings. The van der Waals surface area contributed by atoms with Crippen LogP contribution in [0, 0.1) is 6.92 Å². The number of carbonyl (C=O) groups excluding carboxylic acids is 1. The number of carbonyl (C=O) groups is 1. The second-order valence-corrected chi connectivity index (χ2v) is 10.1. The molecule has 0 fully saturated rings. The summed E-state index contributed by atoms with van der Waals surface area (Å²) in [5.74, 6) is -0.462. The number of fused-ring (bicyclic) bond motifs is 1. The number of esters is 1. The summed E-state index contributed by atoms with van der Waals surface area (Å²) in [6, 6.07) is 20.8. The lowest BCUT2D eigenvalue weighted by Crippen LogP contribution is -2.39. The number of aryl methyl sites for hydroxylation is 1. The van der Waals surface area contributed by atoms with Gasteiger partial charge >= 0.3 is 5.97 Å². The summed E-state index contributed by atoms with van der Waals surface area (Å²) in [4.78, 5) is 33.0. The summed E-state index contributed by atoms with van der Waals surface area (Å²) < 4.78 is 7.87. The maximum absolute atomic E-state index is 13.6. The zero-order valence-electron chi connectivity index (χ0n) is 18.7. The first-order valence-electron chi connectivity index (χ1n) is 10.8. The van der Waals surface area contributed by atoms with Crippen molar-refractivity contribution in [2.24, 2.45) is 4.99 Å². The summed E-state index contributed by atoms with van der Waals surface area (Å²) >= 11 is 2.84. The van der Waals surface area contributed by atoms with E-state index < -0.39 is 12.0 Å². The largest absolute Gasteiger partial charge is 0.457 e. The quantitative estimate of drug-likeness (QED) is 0.394. The first-order valence-corrected chi connectivity index (χ1v) is 12.5. The Morgan fingerprint density at radius 3 is 2.53 bits per heavy atom. The van der Waals surface area contributed by atoms with Gasteiger partial charge in [0.2, 0.25) is 0 Å². The van der Waals surface area contributed by atoms with Crippen molar-refractivity contribution in [3.63, 3.8) is 0 Å². The van der Waals surface area contributed by atoms with Gasteiger partial charge in [0.05, 0.1) is 15.8 Å². The lowest BCUT2D eigenvalue weighted by Gasteiger charge is -2.23. The third-order valence-electron chi connectivity index (χ3n) is 5.64. The van der Waals surface area contributed by atoms with Crippen molar-refractivity contribution in [1.29, 1.82) is 0 Å². The van der Waals surface area contributed by atoms with Gasteiger partial charge in [0.25, 0.3) is 5.56 Å². The number of ether oxygens (including phenoxy) is 1. The number of aromatic nitrogens is 1. The van der Waals surface area contributed by atoms with E-state index >= 15 is 0 Å². The molecule has 7 heteroatoms. The molecule has 3 heterocycles. The molecular formula is C27H22N2O3S2. The summed E-state index contributed by atoms with van der Waals surface area (Å²) in [5, 5.41) is 1.94. The molecule has 0 bridgehead atoms. The zero-order chi connectivity index (χ0) is 23.7. The van der Waals surface area contributed by atoms with Gasteiger partial charge < -0.3 is 4.74 Å². The molecule has 0 saturated carbocycles. The minimum Gasteiger partial charge on any atom is -0.457 e. The fourth-order valence-corrected chi connectivity index (χ4v) is 5.78. The number of thiophene rings is 1. The highest BCUT2D eigenvalue weighted by atomic mass is 32.1. The van der Waals surface area contributed by atoms with Crippen LogP contribution in [0.15, 0.2) is 93.2 Å². The number of hydrogen-bond acceptors (Lipinski definition) is 6. The van der Waals surface area contributed by atoms with E-state index in [1.54, 1.807) is 11.5 Å². The van der Waals surface area contributed by atoms with Crippen molar-refractivity contribution >= 4 is 34.7 Å². The van der Waals surface area contributed by atoms with Gasteiger partial charge in [-0.3, -0.25) is 9.36 Å². The standard InChI is InChI=1S/C27H22N2O3S2/c1-17-10-12-19(13-11-17)15-22-25(30)29-24(21-9-6-14-33-21)23(18(2)28-27(29)34-22)26(31)32-16-20-7-4-3-5-8-20/h3-15,24H,16H2,1-2H3/b22-15-. The van der Waals surface area contributed by atoms with Gasteiger partial charge in [-0.15, -0.1) is 11.3 Å². The van der Waals surface area contributed by atoms with Gasteiger partial charge in [-0.2, -0.15) is 0 Å². The number of hydrogen-bond donors (Lipinski definition) is 0. The van der Waals surface area contributed by atoms with E-state index in [1.165, 1.54) is 22.7 Å². The van der Waals surface area contributed by atoms with Crippen molar-refractivity contribution in [3.8, 4) is 0 Å². The van der Waals surface area contributed by atoms with Crippen LogP contribution in [0.3, 0.4) is 0 Å². The SMILES string of the molecule is CC1=C(C(=O)OCc2ccccc2)C(c2cccs2)n2c(s/c(=C\c3ccc(C)cc3)c2=O)=N1. The van der Waals surface area contributed by atoms with Crippen LogP contribution < -0.4 is 14.9 Å².